The zero-order valence-corrected chi connectivity index (χ0v) is 54.9. The van der Waals surface area contributed by atoms with Crippen molar-refractivity contribution in [2.45, 2.75) is 60.2 Å². The van der Waals surface area contributed by atoms with Crippen molar-refractivity contribution < 1.29 is 76.3 Å². The molecule has 0 atom stereocenters. The average molecular weight is 1310 g/mol. The highest BCUT2D eigenvalue weighted by Crippen LogP contribution is 2.75. The topological polar surface area (TPSA) is 210 Å². The summed E-state index contributed by atoms with van der Waals surface area (Å²) in [5.41, 5.74) is 8.25. The Labute approximate surface area is 566 Å². The van der Waals surface area contributed by atoms with Crippen molar-refractivity contribution in [1.82, 2.24) is 0 Å². The number of rotatable bonds is 12. The molecular formula is C82H64O16. The van der Waals surface area contributed by atoms with E-state index in [2.05, 4.69) is 95.9 Å². The van der Waals surface area contributed by atoms with Crippen molar-refractivity contribution in [3.63, 3.8) is 0 Å². The van der Waals surface area contributed by atoms with Crippen LogP contribution in [-0.4, -0.2) is 105 Å². The first kappa shape index (κ1) is 67.2. The lowest BCUT2D eigenvalue weighted by molar-refractivity contribution is -0.0692. The van der Waals surface area contributed by atoms with E-state index >= 15 is 0 Å². The largest absolute Gasteiger partial charge is 0.465 e. The average Bonchev–Trinajstić information content (AvgIpc) is 0.666. The van der Waals surface area contributed by atoms with E-state index in [1.165, 1.54) is 81.1 Å². The van der Waals surface area contributed by atoms with E-state index in [1.807, 2.05) is 48.5 Å². The minimum atomic E-state index is -0.629. The Hall–Kier alpha value is -12.2. The Morgan fingerprint density at radius 3 is 0.480 bits per heavy atom. The summed E-state index contributed by atoms with van der Waals surface area (Å²) < 4.78 is 39.8. The molecule has 12 rings (SSSR count). The molecule has 4 saturated carbocycles. The van der Waals surface area contributed by atoms with Crippen LogP contribution in [0.5, 0.6) is 0 Å². The van der Waals surface area contributed by atoms with Gasteiger partial charge < -0.3 is 37.9 Å². The molecule has 488 valence electrons. The molecule has 4 fully saturated rings. The molecule has 0 N–H and O–H groups in total. The minimum Gasteiger partial charge on any atom is -0.465 e. The Morgan fingerprint density at radius 2 is 0.347 bits per heavy atom. The van der Waals surface area contributed by atoms with Crippen molar-refractivity contribution in [2.75, 3.05) is 56.9 Å². The quantitative estimate of drug-likeness (QED) is 0.0632. The van der Waals surface area contributed by atoms with Crippen LogP contribution in [-0.2, 0) is 59.6 Å². The van der Waals surface area contributed by atoms with Gasteiger partial charge in [0.1, 0.15) is 0 Å². The zero-order valence-electron chi connectivity index (χ0n) is 54.9. The van der Waals surface area contributed by atoms with Gasteiger partial charge in [-0.3, -0.25) is 0 Å². The molecule has 16 heteroatoms. The molecule has 0 saturated heterocycles. The summed E-state index contributed by atoms with van der Waals surface area (Å²) in [4.78, 5) is 102. The van der Waals surface area contributed by atoms with Crippen LogP contribution in [0.2, 0.25) is 0 Å². The fourth-order valence-corrected chi connectivity index (χ4v) is 14.8. The number of carbonyl (C=O) groups excluding carboxylic acids is 8. The second-order valence-corrected chi connectivity index (χ2v) is 24.6. The SMILES string of the molecule is COC(=O)c1cc(C#Cc2ccc(C34CC5(c6ccc(C#Cc7cc(C(=O)OC)cc(C(=O)OC)c7)cc6)CC(c6ccc(C#Cc7cc(C(=O)OC)cc(C(=O)OC)c7)cc6)(C3)CC(c3ccc(C#Cc6cc(C(=O)OC)cc(C(=O)OC)c6)cc3)(C4)C5)cc2)cc(C(=O)OC)c1. The van der Waals surface area contributed by atoms with Crippen molar-refractivity contribution >= 4 is 47.8 Å². The highest BCUT2D eigenvalue weighted by Gasteiger charge is 2.69. The third-order valence-corrected chi connectivity index (χ3v) is 18.6. The Bertz CT molecular complexity index is 4070. The molecule has 0 aliphatic heterocycles. The molecule has 4 aliphatic carbocycles. The summed E-state index contributed by atoms with van der Waals surface area (Å²) in [6.07, 6.45) is 4.64. The smallest absolute Gasteiger partial charge is 0.337 e. The van der Waals surface area contributed by atoms with Crippen LogP contribution in [0.15, 0.2) is 170 Å². The highest BCUT2D eigenvalue weighted by atomic mass is 16.5. The van der Waals surface area contributed by atoms with E-state index < -0.39 is 69.4 Å². The normalized spacial score (nSPS) is 18.1. The molecule has 0 spiro atoms. The maximum Gasteiger partial charge on any atom is 0.337 e. The third kappa shape index (κ3) is 13.8. The first-order valence-electron chi connectivity index (χ1n) is 31.0. The van der Waals surface area contributed by atoms with Crippen LogP contribution in [0.25, 0.3) is 0 Å². The summed E-state index contributed by atoms with van der Waals surface area (Å²) in [6.45, 7) is 0. The Kier molecular flexibility index (Phi) is 19.2. The first-order valence-corrected chi connectivity index (χ1v) is 31.0. The van der Waals surface area contributed by atoms with Gasteiger partial charge in [0.05, 0.1) is 101 Å². The monoisotopic (exact) mass is 1300 g/mol. The minimum absolute atomic E-state index is 0.149. The Morgan fingerprint density at radius 1 is 0.214 bits per heavy atom. The molecule has 0 radical (unpaired) electrons. The van der Waals surface area contributed by atoms with Gasteiger partial charge >= 0.3 is 47.8 Å². The van der Waals surface area contributed by atoms with Gasteiger partial charge in [0.15, 0.2) is 0 Å². The second-order valence-electron chi connectivity index (χ2n) is 24.6. The van der Waals surface area contributed by atoms with Gasteiger partial charge in [0.2, 0.25) is 0 Å². The van der Waals surface area contributed by atoms with E-state index in [9.17, 15) is 38.4 Å². The maximum absolute atomic E-state index is 12.7. The zero-order chi connectivity index (χ0) is 69.5. The summed E-state index contributed by atoms with van der Waals surface area (Å²) in [5.74, 6) is 20.6. The van der Waals surface area contributed by atoms with Crippen molar-refractivity contribution in [3.8, 4) is 47.4 Å². The number of hydrogen-bond donors (Lipinski definition) is 0. The lowest BCUT2D eigenvalue weighted by atomic mass is 9.32. The molecule has 4 bridgehead atoms. The first-order chi connectivity index (χ1) is 47.2. The Balaban J connectivity index is 1.05. The van der Waals surface area contributed by atoms with Crippen LogP contribution in [0.4, 0.5) is 0 Å². The van der Waals surface area contributed by atoms with Crippen molar-refractivity contribution in [3.05, 3.63) is 281 Å². The van der Waals surface area contributed by atoms with E-state index in [0.717, 1.165) is 60.8 Å². The molecule has 8 aromatic carbocycles. The van der Waals surface area contributed by atoms with Gasteiger partial charge in [0.25, 0.3) is 0 Å². The van der Waals surface area contributed by atoms with Crippen molar-refractivity contribution in [1.29, 1.82) is 0 Å². The number of benzene rings is 8. The predicted octanol–water partition coefficient (Wildman–Crippen LogP) is 12.0. The highest BCUT2D eigenvalue weighted by molar-refractivity contribution is 5.99. The molecule has 0 amide bonds. The van der Waals surface area contributed by atoms with E-state index in [-0.39, 0.29) is 44.5 Å². The fraction of sp³-hybridized carbons (Fsp3) is 0.220. The number of methoxy groups -OCH3 is 8. The van der Waals surface area contributed by atoms with Gasteiger partial charge in [-0.2, -0.15) is 0 Å². The van der Waals surface area contributed by atoms with E-state index in [0.29, 0.717) is 44.5 Å². The lowest BCUT2D eigenvalue weighted by Crippen LogP contribution is -2.67. The molecule has 0 heterocycles. The van der Waals surface area contributed by atoms with Gasteiger partial charge in [-0.15, -0.1) is 0 Å². The number of esters is 8. The van der Waals surface area contributed by atoms with Crippen molar-refractivity contribution in [2.24, 2.45) is 0 Å². The van der Waals surface area contributed by atoms with Gasteiger partial charge in [-0.25, -0.2) is 38.4 Å². The second kappa shape index (κ2) is 28.0. The molecule has 0 unspecified atom stereocenters. The van der Waals surface area contributed by atoms with E-state index in [4.69, 9.17) is 37.9 Å². The maximum atomic E-state index is 12.7. The fourth-order valence-electron chi connectivity index (χ4n) is 14.8. The van der Waals surface area contributed by atoms with Crippen LogP contribution in [0.1, 0.15) is 188 Å². The molecule has 16 nitrogen and oxygen atoms in total. The molecule has 4 aliphatic rings. The summed E-state index contributed by atoms with van der Waals surface area (Å²) in [6, 6.07) is 51.5. The number of carbonyl (C=O) groups is 8. The van der Waals surface area contributed by atoms with Crippen LogP contribution < -0.4 is 0 Å². The molecule has 8 aromatic rings. The molecule has 0 aromatic heterocycles. The summed E-state index contributed by atoms with van der Waals surface area (Å²) in [7, 11) is 10.1. The van der Waals surface area contributed by atoms with Crippen LogP contribution in [0.3, 0.4) is 0 Å². The standard InChI is InChI=1S/C82H64O16/c1-91-71(83)59-33-55(34-60(41-59)72(84)92-2)13-9-51-17-25-67(26-18-51)79-45-80(68-27-19-52(20-28-68)10-14-56-35-61(73(85)93-3)42-62(36-56)74(86)94-4)48-81(46-79,69-29-21-53(22-30-69)11-15-57-37-63(75(87)95-5)43-64(38-57)76(88)96-6)50-82(47-79,49-80)70-31-23-54(24-32-70)12-16-58-39-65(77(89)97-7)44-66(40-58)78(90)98-8/h17-44H,45-50H2,1-8H3. The third-order valence-electron chi connectivity index (χ3n) is 18.6. The van der Waals surface area contributed by atoms with E-state index in [1.54, 1.807) is 48.5 Å². The van der Waals surface area contributed by atoms with Gasteiger partial charge in [0, 0.05) is 44.5 Å². The van der Waals surface area contributed by atoms with Crippen LogP contribution >= 0.6 is 0 Å². The number of hydrogen-bond acceptors (Lipinski definition) is 16. The van der Waals surface area contributed by atoms with Gasteiger partial charge in [-0.05, 0) is 204 Å². The van der Waals surface area contributed by atoms with Gasteiger partial charge in [-0.1, -0.05) is 95.9 Å². The predicted molar refractivity (Wildman–Crippen MR) is 361 cm³/mol. The summed E-state index contributed by atoms with van der Waals surface area (Å²) >= 11 is 0. The lowest BCUT2D eigenvalue weighted by Gasteiger charge is -2.71. The molecule has 98 heavy (non-hydrogen) atoms. The summed E-state index contributed by atoms with van der Waals surface area (Å²) in [5, 5.41) is 0. The van der Waals surface area contributed by atoms with Crippen LogP contribution in [0, 0.1) is 47.4 Å². The number of ether oxygens (including phenoxy) is 8. The molecular weight excluding hydrogens is 1240 g/mol.